The summed E-state index contributed by atoms with van der Waals surface area (Å²) in [4.78, 5) is 22.8. The van der Waals surface area contributed by atoms with Crippen molar-refractivity contribution < 1.29 is 4.79 Å². The quantitative estimate of drug-likeness (QED) is 0.865. The zero-order chi connectivity index (χ0) is 14.8. The molecule has 1 atom stereocenters. The van der Waals surface area contributed by atoms with Crippen molar-refractivity contribution >= 4 is 11.7 Å². The molecule has 2 N–H and O–H groups in total. The van der Waals surface area contributed by atoms with Gasteiger partial charge in [-0.15, -0.1) is 0 Å². The van der Waals surface area contributed by atoms with Gasteiger partial charge in [-0.2, -0.15) is 0 Å². The molecule has 21 heavy (non-hydrogen) atoms. The summed E-state index contributed by atoms with van der Waals surface area (Å²) in [6, 6.07) is 1.87. The maximum Gasteiger partial charge on any atom is 0.244 e. The maximum atomic E-state index is 12.0. The minimum atomic E-state index is -0.148. The van der Waals surface area contributed by atoms with E-state index < -0.39 is 0 Å². The average Bonchev–Trinajstić information content (AvgIpc) is 2.80. The molecule has 114 valence electrons. The molecule has 3 heterocycles. The molecule has 0 saturated carbocycles. The molecule has 0 aromatic carbocycles. The molecular formula is C15H23N5O. The Bertz CT molecular complexity index is 527. The van der Waals surface area contributed by atoms with E-state index in [2.05, 4.69) is 20.6 Å². The van der Waals surface area contributed by atoms with Gasteiger partial charge in [0.05, 0.1) is 0 Å². The van der Waals surface area contributed by atoms with E-state index in [1.54, 1.807) is 4.90 Å². The van der Waals surface area contributed by atoms with Gasteiger partial charge in [0.15, 0.2) is 0 Å². The number of likely N-dealkylation sites (tertiary alicyclic amines) is 1. The highest BCUT2D eigenvalue weighted by Crippen LogP contribution is 2.25. The first-order chi connectivity index (χ1) is 10.1. The van der Waals surface area contributed by atoms with E-state index in [0.29, 0.717) is 5.92 Å². The number of aromatic nitrogens is 2. The van der Waals surface area contributed by atoms with Crippen molar-refractivity contribution in [2.75, 3.05) is 32.0 Å². The number of aryl methyl sites for hydroxylation is 1. The van der Waals surface area contributed by atoms with Crippen LogP contribution in [-0.2, 0) is 4.79 Å². The Morgan fingerprint density at radius 1 is 1.29 bits per heavy atom. The highest BCUT2D eigenvalue weighted by atomic mass is 16.2. The molecule has 1 unspecified atom stereocenters. The Hall–Kier alpha value is -1.69. The van der Waals surface area contributed by atoms with Crippen LogP contribution in [0.2, 0.25) is 0 Å². The Balaban J connectivity index is 1.76. The molecule has 2 saturated heterocycles. The van der Waals surface area contributed by atoms with Gasteiger partial charge in [-0.1, -0.05) is 0 Å². The number of likely N-dealkylation sites (N-methyl/N-ethyl adjacent to an activating group) is 1. The summed E-state index contributed by atoms with van der Waals surface area (Å²) >= 11 is 0. The van der Waals surface area contributed by atoms with E-state index in [4.69, 9.17) is 0 Å². The first-order valence-corrected chi connectivity index (χ1v) is 7.71. The first kappa shape index (κ1) is 14.3. The van der Waals surface area contributed by atoms with Crippen LogP contribution in [0.25, 0.3) is 0 Å². The summed E-state index contributed by atoms with van der Waals surface area (Å²) in [5, 5.41) is 6.66. The summed E-state index contributed by atoms with van der Waals surface area (Å²) in [5.74, 6) is 2.20. The molecule has 6 nitrogen and oxygen atoms in total. The van der Waals surface area contributed by atoms with Crippen molar-refractivity contribution in [2.45, 2.75) is 38.1 Å². The lowest BCUT2D eigenvalue weighted by Crippen LogP contribution is -2.31. The number of nitrogens with one attached hydrogen (secondary N) is 2. The fraction of sp³-hybridized carbons (Fsp3) is 0.667. The highest BCUT2D eigenvalue weighted by Gasteiger charge is 2.29. The zero-order valence-electron chi connectivity index (χ0n) is 12.7. The van der Waals surface area contributed by atoms with Gasteiger partial charge in [-0.3, -0.25) is 4.79 Å². The lowest BCUT2D eigenvalue weighted by molar-refractivity contribution is -0.127. The number of piperidine rings is 1. The number of amides is 1. The summed E-state index contributed by atoms with van der Waals surface area (Å²) in [6.45, 7) is 4.81. The van der Waals surface area contributed by atoms with Crippen LogP contribution in [0.1, 0.15) is 36.7 Å². The summed E-state index contributed by atoms with van der Waals surface area (Å²) < 4.78 is 0. The summed E-state index contributed by atoms with van der Waals surface area (Å²) in [5.41, 5.74) is 1.10. The molecule has 2 fully saturated rings. The van der Waals surface area contributed by atoms with Gasteiger partial charge in [-0.05, 0) is 39.3 Å². The third-order valence-electron chi connectivity index (χ3n) is 4.36. The van der Waals surface area contributed by atoms with Crippen molar-refractivity contribution in [1.82, 2.24) is 20.2 Å². The van der Waals surface area contributed by atoms with Crippen molar-refractivity contribution in [3.63, 3.8) is 0 Å². The van der Waals surface area contributed by atoms with Gasteiger partial charge in [0, 0.05) is 31.3 Å². The second kappa shape index (κ2) is 5.97. The Labute approximate surface area is 125 Å². The van der Waals surface area contributed by atoms with E-state index >= 15 is 0 Å². The predicted molar refractivity (Wildman–Crippen MR) is 81.3 cm³/mol. The molecule has 1 aromatic heterocycles. The first-order valence-electron chi connectivity index (χ1n) is 7.71. The fourth-order valence-corrected chi connectivity index (χ4v) is 3.13. The second-order valence-corrected chi connectivity index (χ2v) is 5.99. The van der Waals surface area contributed by atoms with Crippen molar-refractivity contribution in [2.24, 2.45) is 0 Å². The van der Waals surface area contributed by atoms with Crippen molar-refractivity contribution in [3.8, 4) is 0 Å². The number of carbonyl (C=O) groups excluding carboxylic acids is 1. The molecule has 3 rings (SSSR count). The fourth-order valence-electron chi connectivity index (χ4n) is 3.13. The normalized spacial score (nSPS) is 23.6. The largest absolute Gasteiger partial charge is 0.358 e. The van der Waals surface area contributed by atoms with Crippen LogP contribution in [0.15, 0.2) is 6.07 Å². The van der Waals surface area contributed by atoms with Gasteiger partial charge in [0.2, 0.25) is 5.91 Å². The number of nitrogens with zero attached hydrogens (tertiary/aromatic N) is 3. The molecule has 0 spiro atoms. The smallest absolute Gasteiger partial charge is 0.244 e. The number of carbonyl (C=O) groups is 1. The highest BCUT2D eigenvalue weighted by molar-refractivity contribution is 5.86. The monoisotopic (exact) mass is 289 g/mol. The average molecular weight is 289 g/mol. The van der Waals surface area contributed by atoms with Crippen LogP contribution < -0.4 is 10.6 Å². The van der Waals surface area contributed by atoms with Crippen molar-refractivity contribution in [1.29, 1.82) is 0 Å². The van der Waals surface area contributed by atoms with Crippen LogP contribution in [0, 0.1) is 6.92 Å². The van der Waals surface area contributed by atoms with Gasteiger partial charge < -0.3 is 15.5 Å². The number of hydrogen-bond acceptors (Lipinski definition) is 5. The van der Waals surface area contributed by atoms with E-state index in [1.807, 2.05) is 20.0 Å². The van der Waals surface area contributed by atoms with Crippen LogP contribution in [-0.4, -0.2) is 53.5 Å². The third kappa shape index (κ3) is 3.15. The molecule has 2 aliphatic heterocycles. The van der Waals surface area contributed by atoms with Crippen molar-refractivity contribution in [3.05, 3.63) is 17.6 Å². The van der Waals surface area contributed by atoms with E-state index in [0.717, 1.165) is 56.2 Å². The van der Waals surface area contributed by atoms with E-state index in [1.165, 1.54) is 0 Å². The standard InChI is InChI=1S/C15H23N5O/c1-10-17-13(11-3-6-16-7-4-11)9-14(18-10)19-12-5-8-20(2)15(12)21/h9,11-12,16H,3-8H2,1-2H3,(H,17,18,19). The Kier molecular flexibility index (Phi) is 4.05. The maximum absolute atomic E-state index is 12.0. The van der Waals surface area contributed by atoms with Gasteiger partial charge in [-0.25, -0.2) is 9.97 Å². The van der Waals surface area contributed by atoms with E-state index in [-0.39, 0.29) is 11.9 Å². The number of hydrogen-bond donors (Lipinski definition) is 2. The van der Waals surface area contributed by atoms with Crippen LogP contribution in [0.5, 0.6) is 0 Å². The molecule has 1 amide bonds. The lowest BCUT2D eigenvalue weighted by Gasteiger charge is -2.23. The summed E-state index contributed by atoms with van der Waals surface area (Å²) in [6.07, 6.45) is 3.06. The molecule has 2 aliphatic rings. The minimum absolute atomic E-state index is 0.148. The Morgan fingerprint density at radius 2 is 2.05 bits per heavy atom. The third-order valence-corrected chi connectivity index (χ3v) is 4.36. The SMILES string of the molecule is Cc1nc(NC2CCN(C)C2=O)cc(C2CCNCC2)n1. The molecule has 0 bridgehead atoms. The van der Waals surface area contributed by atoms with Crippen LogP contribution in [0.4, 0.5) is 5.82 Å². The van der Waals surface area contributed by atoms with Crippen LogP contribution in [0.3, 0.4) is 0 Å². The molecule has 1 aromatic rings. The summed E-state index contributed by atoms with van der Waals surface area (Å²) in [7, 11) is 1.84. The van der Waals surface area contributed by atoms with E-state index in [9.17, 15) is 4.79 Å². The molecular weight excluding hydrogens is 266 g/mol. The Morgan fingerprint density at radius 3 is 2.71 bits per heavy atom. The topological polar surface area (TPSA) is 70.2 Å². The molecule has 0 aliphatic carbocycles. The van der Waals surface area contributed by atoms with Gasteiger partial charge in [0.25, 0.3) is 0 Å². The zero-order valence-corrected chi connectivity index (χ0v) is 12.7. The van der Waals surface area contributed by atoms with Gasteiger partial charge in [0.1, 0.15) is 17.7 Å². The molecule has 6 heteroatoms. The second-order valence-electron chi connectivity index (χ2n) is 5.99. The minimum Gasteiger partial charge on any atom is -0.358 e. The number of rotatable bonds is 3. The predicted octanol–water partition coefficient (Wildman–Crippen LogP) is 0.895. The van der Waals surface area contributed by atoms with Crippen LogP contribution >= 0.6 is 0 Å². The number of anilines is 1. The van der Waals surface area contributed by atoms with Gasteiger partial charge >= 0.3 is 0 Å². The molecule has 0 radical (unpaired) electrons. The lowest BCUT2D eigenvalue weighted by atomic mass is 9.94.